The largest absolute Gasteiger partial charge is 0.314 e. The smallest absolute Gasteiger partial charge is 0.00694 e. The van der Waals surface area contributed by atoms with E-state index in [4.69, 9.17) is 0 Å². The van der Waals surface area contributed by atoms with E-state index in [0.29, 0.717) is 6.04 Å². The van der Waals surface area contributed by atoms with Crippen molar-refractivity contribution in [1.82, 2.24) is 10.2 Å². The van der Waals surface area contributed by atoms with Gasteiger partial charge in [-0.1, -0.05) is 20.3 Å². The van der Waals surface area contributed by atoms with Gasteiger partial charge < -0.3 is 10.2 Å². The molecule has 1 saturated heterocycles. The van der Waals surface area contributed by atoms with Gasteiger partial charge in [-0.15, -0.1) is 0 Å². The van der Waals surface area contributed by atoms with Crippen molar-refractivity contribution in [2.24, 2.45) is 5.92 Å². The van der Waals surface area contributed by atoms with Crippen molar-refractivity contribution in [2.45, 2.75) is 78.3 Å². The summed E-state index contributed by atoms with van der Waals surface area (Å²) in [6, 6.07) is 1.51. The highest BCUT2D eigenvalue weighted by Gasteiger charge is 2.21. The second-order valence-corrected chi connectivity index (χ2v) is 6.37. The Labute approximate surface area is 115 Å². The first-order valence-corrected chi connectivity index (χ1v) is 8.11. The number of hydrogen-bond acceptors (Lipinski definition) is 2. The fraction of sp³-hybridized carbons (Fsp3) is 1.00. The first kappa shape index (κ1) is 16.0. The monoisotopic (exact) mass is 254 g/mol. The van der Waals surface area contributed by atoms with Crippen molar-refractivity contribution in [3.05, 3.63) is 0 Å². The molecule has 2 heteroatoms. The summed E-state index contributed by atoms with van der Waals surface area (Å²) >= 11 is 0. The van der Waals surface area contributed by atoms with Crippen LogP contribution in [0.15, 0.2) is 0 Å². The zero-order valence-corrected chi connectivity index (χ0v) is 13.0. The van der Waals surface area contributed by atoms with Gasteiger partial charge >= 0.3 is 0 Å². The number of rotatable bonds is 8. The van der Waals surface area contributed by atoms with E-state index >= 15 is 0 Å². The summed E-state index contributed by atoms with van der Waals surface area (Å²) in [5, 5.41) is 3.57. The van der Waals surface area contributed by atoms with E-state index < -0.39 is 0 Å². The van der Waals surface area contributed by atoms with Gasteiger partial charge in [0.2, 0.25) is 0 Å². The average Bonchev–Trinajstić information content (AvgIpc) is 2.34. The van der Waals surface area contributed by atoms with Gasteiger partial charge in [-0.2, -0.15) is 0 Å². The summed E-state index contributed by atoms with van der Waals surface area (Å²) in [6.45, 7) is 13.2. The molecule has 2 nitrogen and oxygen atoms in total. The lowest BCUT2D eigenvalue weighted by atomic mass is 9.93. The van der Waals surface area contributed by atoms with Crippen LogP contribution in [0.25, 0.3) is 0 Å². The van der Waals surface area contributed by atoms with Crippen LogP contribution in [0.5, 0.6) is 0 Å². The standard InChI is InChI=1S/C16H34N2/c1-5-10-17-15(3)8-6-7-11-18-12-9-14(2)13-16(18)4/h14-17H,5-13H2,1-4H3. The summed E-state index contributed by atoms with van der Waals surface area (Å²) < 4.78 is 0. The molecule has 18 heavy (non-hydrogen) atoms. The van der Waals surface area contributed by atoms with Gasteiger partial charge in [0.15, 0.2) is 0 Å². The maximum Gasteiger partial charge on any atom is 0.00694 e. The fourth-order valence-electron chi connectivity index (χ4n) is 3.05. The minimum Gasteiger partial charge on any atom is -0.314 e. The molecule has 0 aromatic carbocycles. The number of unbranched alkanes of at least 4 members (excludes halogenated alkanes) is 1. The molecule has 3 atom stereocenters. The van der Waals surface area contributed by atoms with E-state index in [9.17, 15) is 0 Å². The van der Waals surface area contributed by atoms with Crippen molar-refractivity contribution < 1.29 is 0 Å². The van der Waals surface area contributed by atoms with Crippen LogP contribution >= 0.6 is 0 Å². The first-order valence-electron chi connectivity index (χ1n) is 8.11. The summed E-state index contributed by atoms with van der Waals surface area (Å²) in [7, 11) is 0. The number of piperidine rings is 1. The Bertz CT molecular complexity index is 205. The minimum absolute atomic E-state index is 0.698. The van der Waals surface area contributed by atoms with E-state index in [1.54, 1.807) is 0 Å². The SMILES string of the molecule is CCCNC(C)CCCCN1CCC(C)CC1C. The highest BCUT2D eigenvalue weighted by molar-refractivity contribution is 4.76. The Kier molecular flexibility index (Phi) is 7.92. The summed E-state index contributed by atoms with van der Waals surface area (Å²) in [4.78, 5) is 2.70. The summed E-state index contributed by atoms with van der Waals surface area (Å²) in [6.07, 6.45) is 8.12. The van der Waals surface area contributed by atoms with Gasteiger partial charge in [0, 0.05) is 12.1 Å². The molecular weight excluding hydrogens is 220 g/mol. The van der Waals surface area contributed by atoms with E-state index in [1.807, 2.05) is 0 Å². The van der Waals surface area contributed by atoms with Crippen LogP contribution in [0.2, 0.25) is 0 Å². The maximum absolute atomic E-state index is 3.57. The predicted molar refractivity (Wildman–Crippen MR) is 81.0 cm³/mol. The Hall–Kier alpha value is -0.0800. The molecule has 1 heterocycles. The van der Waals surface area contributed by atoms with E-state index in [0.717, 1.165) is 12.0 Å². The highest BCUT2D eigenvalue weighted by Crippen LogP contribution is 2.22. The van der Waals surface area contributed by atoms with Gasteiger partial charge in [0.25, 0.3) is 0 Å². The molecule has 0 aromatic rings. The molecule has 108 valence electrons. The maximum atomic E-state index is 3.57. The highest BCUT2D eigenvalue weighted by atomic mass is 15.2. The second-order valence-electron chi connectivity index (χ2n) is 6.37. The Morgan fingerprint density at radius 2 is 2.06 bits per heavy atom. The zero-order valence-electron chi connectivity index (χ0n) is 13.0. The first-order chi connectivity index (χ1) is 8.63. The van der Waals surface area contributed by atoms with Gasteiger partial charge in [-0.05, 0) is 71.5 Å². The third-order valence-corrected chi connectivity index (χ3v) is 4.35. The van der Waals surface area contributed by atoms with Crippen molar-refractivity contribution in [3.63, 3.8) is 0 Å². The van der Waals surface area contributed by atoms with Crippen LogP contribution < -0.4 is 5.32 Å². The van der Waals surface area contributed by atoms with Crippen LogP contribution in [0.1, 0.15) is 66.2 Å². The molecule has 1 aliphatic heterocycles. The third kappa shape index (κ3) is 6.19. The van der Waals surface area contributed by atoms with Crippen molar-refractivity contribution in [2.75, 3.05) is 19.6 Å². The van der Waals surface area contributed by atoms with Gasteiger partial charge in [0.1, 0.15) is 0 Å². The van der Waals surface area contributed by atoms with Crippen LogP contribution in [-0.4, -0.2) is 36.6 Å². The van der Waals surface area contributed by atoms with Crippen LogP contribution in [0.3, 0.4) is 0 Å². The fourth-order valence-corrected chi connectivity index (χ4v) is 3.05. The second kappa shape index (κ2) is 8.92. The minimum atomic E-state index is 0.698. The molecule has 0 aromatic heterocycles. The van der Waals surface area contributed by atoms with Crippen LogP contribution in [0, 0.1) is 5.92 Å². The van der Waals surface area contributed by atoms with Crippen molar-refractivity contribution >= 4 is 0 Å². The quantitative estimate of drug-likeness (QED) is 0.665. The molecule has 3 unspecified atom stereocenters. The molecule has 1 fully saturated rings. The van der Waals surface area contributed by atoms with Crippen molar-refractivity contribution in [1.29, 1.82) is 0 Å². The van der Waals surface area contributed by atoms with Crippen molar-refractivity contribution in [3.8, 4) is 0 Å². The number of likely N-dealkylation sites (tertiary alicyclic amines) is 1. The van der Waals surface area contributed by atoms with E-state index in [1.165, 1.54) is 58.2 Å². The Morgan fingerprint density at radius 3 is 2.72 bits per heavy atom. The van der Waals surface area contributed by atoms with Gasteiger partial charge in [-0.25, -0.2) is 0 Å². The predicted octanol–water partition coefficient (Wildman–Crippen LogP) is 3.67. The normalized spacial score (nSPS) is 27.3. The molecule has 1 aliphatic rings. The molecule has 0 spiro atoms. The van der Waals surface area contributed by atoms with Crippen LogP contribution in [-0.2, 0) is 0 Å². The molecule has 1 N–H and O–H groups in total. The van der Waals surface area contributed by atoms with E-state index in [-0.39, 0.29) is 0 Å². The van der Waals surface area contributed by atoms with Crippen LogP contribution in [0.4, 0.5) is 0 Å². The number of nitrogens with zero attached hydrogens (tertiary/aromatic N) is 1. The summed E-state index contributed by atoms with van der Waals surface area (Å²) in [5.74, 6) is 0.939. The van der Waals surface area contributed by atoms with Gasteiger partial charge in [-0.3, -0.25) is 0 Å². The molecular formula is C16H34N2. The number of nitrogens with one attached hydrogen (secondary N) is 1. The lowest BCUT2D eigenvalue weighted by Crippen LogP contribution is -2.40. The topological polar surface area (TPSA) is 15.3 Å². The molecule has 0 saturated carbocycles. The molecule has 0 amide bonds. The Morgan fingerprint density at radius 1 is 1.28 bits per heavy atom. The zero-order chi connectivity index (χ0) is 13.4. The molecule has 0 radical (unpaired) electrons. The lowest BCUT2D eigenvalue weighted by molar-refractivity contribution is 0.127. The molecule has 0 bridgehead atoms. The lowest BCUT2D eigenvalue weighted by Gasteiger charge is -2.36. The van der Waals surface area contributed by atoms with E-state index in [2.05, 4.69) is 37.9 Å². The average molecular weight is 254 g/mol. The number of hydrogen-bond donors (Lipinski definition) is 1. The molecule has 1 rings (SSSR count). The summed E-state index contributed by atoms with van der Waals surface area (Å²) in [5.41, 5.74) is 0. The third-order valence-electron chi connectivity index (χ3n) is 4.35. The molecule has 0 aliphatic carbocycles. The van der Waals surface area contributed by atoms with Gasteiger partial charge in [0.05, 0.1) is 0 Å². The Balaban J connectivity index is 2.03.